The Balaban J connectivity index is 1.77. The molecule has 4 nitrogen and oxygen atoms in total. The van der Waals surface area contributed by atoms with Gasteiger partial charge in [-0.3, -0.25) is 14.7 Å². The van der Waals surface area contributed by atoms with Crippen molar-refractivity contribution in [2.45, 2.75) is 26.2 Å². The monoisotopic (exact) mass is 271 g/mol. The van der Waals surface area contributed by atoms with Crippen molar-refractivity contribution >= 4 is 11.9 Å². The molecule has 1 fully saturated rings. The molecule has 0 atom stereocenters. The summed E-state index contributed by atoms with van der Waals surface area (Å²) in [5.41, 5.74) is 2.02. The van der Waals surface area contributed by atoms with Gasteiger partial charge in [0.2, 0.25) is 5.96 Å². The third-order valence-corrected chi connectivity index (χ3v) is 4.06. The molecule has 0 N–H and O–H groups in total. The average Bonchev–Trinajstić information content (AvgIpc) is 3.16. The zero-order valence-electron chi connectivity index (χ0n) is 12.0. The number of hydrogen-bond acceptors (Lipinski definition) is 3. The fraction of sp³-hybridized carbons (Fsp3) is 0.500. The molecule has 2 aliphatic heterocycles. The average molecular weight is 271 g/mol. The van der Waals surface area contributed by atoms with Gasteiger partial charge >= 0.3 is 0 Å². The third kappa shape index (κ3) is 2.42. The highest BCUT2D eigenvalue weighted by Crippen LogP contribution is 2.17. The second-order valence-corrected chi connectivity index (χ2v) is 5.38. The Labute approximate surface area is 120 Å². The van der Waals surface area contributed by atoms with Gasteiger partial charge in [-0.2, -0.15) is 0 Å². The number of aryl methyl sites for hydroxylation is 1. The van der Waals surface area contributed by atoms with Gasteiger partial charge in [0.25, 0.3) is 5.91 Å². The summed E-state index contributed by atoms with van der Waals surface area (Å²) in [5, 5.41) is 0. The van der Waals surface area contributed by atoms with E-state index in [9.17, 15) is 4.79 Å². The minimum atomic E-state index is 0.0794. The lowest BCUT2D eigenvalue weighted by Crippen LogP contribution is -2.43. The van der Waals surface area contributed by atoms with Crippen LogP contribution in [0.25, 0.3) is 0 Å². The van der Waals surface area contributed by atoms with Crippen molar-refractivity contribution < 1.29 is 4.79 Å². The molecular formula is C16H21N3O. The van der Waals surface area contributed by atoms with E-state index in [0.717, 1.165) is 37.6 Å². The second kappa shape index (κ2) is 5.65. The van der Waals surface area contributed by atoms with Gasteiger partial charge in [0.05, 0.1) is 6.54 Å². The van der Waals surface area contributed by atoms with Crippen LogP contribution in [0.3, 0.4) is 0 Å². The van der Waals surface area contributed by atoms with E-state index in [0.29, 0.717) is 6.54 Å². The number of benzene rings is 1. The van der Waals surface area contributed by atoms with Gasteiger partial charge in [-0.1, -0.05) is 19.1 Å². The Morgan fingerprint density at radius 3 is 2.50 bits per heavy atom. The van der Waals surface area contributed by atoms with Crippen molar-refractivity contribution in [3.8, 4) is 0 Å². The van der Waals surface area contributed by atoms with Crippen LogP contribution in [-0.2, 0) is 6.42 Å². The topological polar surface area (TPSA) is 35.9 Å². The van der Waals surface area contributed by atoms with Crippen molar-refractivity contribution in [3.05, 3.63) is 35.4 Å². The highest BCUT2D eigenvalue weighted by atomic mass is 16.2. The molecule has 2 aliphatic rings. The number of nitrogens with zero attached hydrogens (tertiary/aromatic N) is 3. The van der Waals surface area contributed by atoms with Gasteiger partial charge in [-0.25, -0.2) is 0 Å². The van der Waals surface area contributed by atoms with Crippen molar-refractivity contribution in [3.63, 3.8) is 0 Å². The molecule has 0 unspecified atom stereocenters. The lowest BCUT2D eigenvalue weighted by atomic mass is 10.1. The lowest BCUT2D eigenvalue weighted by molar-refractivity contribution is 0.0845. The molecule has 1 aromatic carbocycles. The van der Waals surface area contributed by atoms with E-state index in [4.69, 9.17) is 0 Å². The van der Waals surface area contributed by atoms with Crippen molar-refractivity contribution in [2.24, 2.45) is 4.99 Å². The summed E-state index contributed by atoms with van der Waals surface area (Å²) < 4.78 is 0. The molecule has 0 aromatic heterocycles. The molecule has 2 heterocycles. The Bertz CT molecular complexity index is 515. The first-order chi connectivity index (χ1) is 9.79. The summed E-state index contributed by atoms with van der Waals surface area (Å²) in [6.07, 6.45) is 3.40. The normalized spacial score (nSPS) is 18.6. The zero-order chi connectivity index (χ0) is 13.9. The molecule has 0 aliphatic carbocycles. The Morgan fingerprint density at radius 2 is 1.85 bits per heavy atom. The number of aliphatic imine (C=N–C) groups is 1. The van der Waals surface area contributed by atoms with Gasteiger partial charge in [-0.05, 0) is 37.0 Å². The van der Waals surface area contributed by atoms with E-state index >= 15 is 0 Å². The summed E-state index contributed by atoms with van der Waals surface area (Å²) in [5.74, 6) is 0.961. The Kier molecular flexibility index (Phi) is 3.72. The Morgan fingerprint density at radius 1 is 1.15 bits per heavy atom. The van der Waals surface area contributed by atoms with Crippen molar-refractivity contribution in [2.75, 3.05) is 26.2 Å². The first kappa shape index (κ1) is 13.2. The van der Waals surface area contributed by atoms with Crippen LogP contribution in [0.5, 0.6) is 0 Å². The van der Waals surface area contributed by atoms with E-state index in [2.05, 4.69) is 16.8 Å². The molecule has 1 amide bonds. The van der Waals surface area contributed by atoms with E-state index in [1.165, 1.54) is 18.4 Å². The van der Waals surface area contributed by atoms with E-state index < -0.39 is 0 Å². The summed E-state index contributed by atoms with van der Waals surface area (Å²) in [7, 11) is 0. The van der Waals surface area contributed by atoms with Gasteiger partial charge in [0, 0.05) is 25.2 Å². The molecule has 0 bridgehead atoms. The van der Waals surface area contributed by atoms with Gasteiger partial charge < -0.3 is 4.90 Å². The Hall–Kier alpha value is -1.84. The van der Waals surface area contributed by atoms with Crippen LogP contribution < -0.4 is 0 Å². The predicted molar refractivity (Wildman–Crippen MR) is 80.0 cm³/mol. The number of amides is 1. The van der Waals surface area contributed by atoms with Crippen LogP contribution in [0.1, 0.15) is 35.7 Å². The lowest BCUT2D eigenvalue weighted by Gasteiger charge is -2.25. The molecule has 1 aromatic rings. The summed E-state index contributed by atoms with van der Waals surface area (Å²) in [6.45, 7) is 5.61. The predicted octanol–water partition coefficient (Wildman–Crippen LogP) is 2.16. The standard InChI is InChI=1S/C16H21N3O/c1-2-13-5-7-14(8-6-13)15(20)19-12-9-17-16(19)18-10-3-4-11-18/h5-8H,2-4,9-12H2,1H3. The quantitative estimate of drug-likeness (QED) is 0.826. The maximum atomic E-state index is 12.6. The van der Waals surface area contributed by atoms with E-state index in [1.807, 2.05) is 29.2 Å². The number of rotatable bonds is 2. The first-order valence-corrected chi connectivity index (χ1v) is 7.50. The number of carbonyl (C=O) groups is 1. The van der Waals surface area contributed by atoms with Crippen molar-refractivity contribution in [1.82, 2.24) is 9.80 Å². The molecular weight excluding hydrogens is 250 g/mol. The molecule has 20 heavy (non-hydrogen) atoms. The minimum Gasteiger partial charge on any atom is -0.342 e. The largest absolute Gasteiger partial charge is 0.342 e. The molecule has 0 radical (unpaired) electrons. The second-order valence-electron chi connectivity index (χ2n) is 5.38. The summed E-state index contributed by atoms with van der Waals surface area (Å²) >= 11 is 0. The summed E-state index contributed by atoms with van der Waals surface area (Å²) in [4.78, 5) is 21.2. The fourth-order valence-corrected chi connectivity index (χ4v) is 2.85. The molecule has 0 saturated carbocycles. The van der Waals surface area contributed by atoms with Crippen molar-refractivity contribution in [1.29, 1.82) is 0 Å². The van der Waals surface area contributed by atoms with Crippen LogP contribution in [0.2, 0.25) is 0 Å². The molecule has 1 saturated heterocycles. The number of carbonyl (C=O) groups excluding carboxylic acids is 1. The maximum absolute atomic E-state index is 12.6. The first-order valence-electron chi connectivity index (χ1n) is 7.50. The van der Waals surface area contributed by atoms with Crippen LogP contribution in [0.4, 0.5) is 0 Å². The number of likely N-dealkylation sites (tertiary alicyclic amines) is 1. The number of guanidine groups is 1. The minimum absolute atomic E-state index is 0.0794. The van der Waals surface area contributed by atoms with Gasteiger partial charge in [0.1, 0.15) is 0 Å². The van der Waals surface area contributed by atoms with Crippen LogP contribution in [0.15, 0.2) is 29.3 Å². The van der Waals surface area contributed by atoms with Crippen LogP contribution in [-0.4, -0.2) is 47.8 Å². The van der Waals surface area contributed by atoms with Gasteiger partial charge in [0.15, 0.2) is 0 Å². The fourth-order valence-electron chi connectivity index (χ4n) is 2.85. The van der Waals surface area contributed by atoms with E-state index in [-0.39, 0.29) is 5.91 Å². The molecule has 3 rings (SSSR count). The highest BCUT2D eigenvalue weighted by molar-refractivity contribution is 6.06. The molecule has 106 valence electrons. The SMILES string of the molecule is CCc1ccc(C(=O)N2CCN=C2N2CCCC2)cc1. The zero-order valence-corrected chi connectivity index (χ0v) is 12.0. The third-order valence-electron chi connectivity index (χ3n) is 4.06. The molecule has 0 spiro atoms. The maximum Gasteiger partial charge on any atom is 0.260 e. The highest BCUT2D eigenvalue weighted by Gasteiger charge is 2.29. The van der Waals surface area contributed by atoms with Gasteiger partial charge in [-0.15, -0.1) is 0 Å². The van der Waals surface area contributed by atoms with E-state index in [1.54, 1.807) is 0 Å². The van der Waals surface area contributed by atoms with Crippen LogP contribution >= 0.6 is 0 Å². The smallest absolute Gasteiger partial charge is 0.260 e. The molecule has 4 heteroatoms. The number of hydrogen-bond donors (Lipinski definition) is 0. The van der Waals surface area contributed by atoms with Crippen LogP contribution in [0, 0.1) is 0 Å². The summed E-state index contributed by atoms with van der Waals surface area (Å²) in [6, 6.07) is 7.94.